The summed E-state index contributed by atoms with van der Waals surface area (Å²) in [6.07, 6.45) is 2.35. The zero-order valence-corrected chi connectivity index (χ0v) is 19.1. The number of hydrogen-bond acceptors (Lipinski definition) is 4. The number of carbonyl (C=O) groups is 2. The molecule has 1 saturated heterocycles. The Kier molecular flexibility index (Phi) is 5.88. The molecule has 6 heteroatoms. The number of carbonyl (C=O) groups excluding carboxylic acids is 2. The molecule has 0 N–H and O–H groups in total. The van der Waals surface area contributed by atoms with Gasteiger partial charge in [-0.25, -0.2) is 9.29 Å². The highest BCUT2D eigenvalue weighted by molar-refractivity contribution is 6.45. The first-order chi connectivity index (χ1) is 16.5. The average Bonchev–Trinajstić information content (AvgIpc) is 3.47. The Morgan fingerprint density at radius 3 is 2.06 bits per heavy atom. The molecule has 2 amide bonds. The molecule has 0 aromatic heterocycles. The van der Waals surface area contributed by atoms with Gasteiger partial charge in [-0.1, -0.05) is 42.5 Å². The third kappa shape index (κ3) is 4.07. The molecule has 2 aliphatic rings. The van der Waals surface area contributed by atoms with E-state index >= 15 is 0 Å². The largest absolute Gasteiger partial charge is 0.372 e. The van der Waals surface area contributed by atoms with Crippen molar-refractivity contribution < 1.29 is 14.0 Å². The first kappa shape index (κ1) is 21.9. The molecule has 34 heavy (non-hydrogen) atoms. The molecule has 2 heterocycles. The van der Waals surface area contributed by atoms with E-state index in [1.165, 1.54) is 29.9 Å². The summed E-state index contributed by atoms with van der Waals surface area (Å²) in [4.78, 5) is 32.6. The van der Waals surface area contributed by atoms with Crippen molar-refractivity contribution in [3.8, 4) is 0 Å². The summed E-state index contributed by atoms with van der Waals surface area (Å²) in [7, 11) is 1.80. The lowest BCUT2D eigenvalue weighted by atomic mass is 10.0. The van der Waals surface area contributed by atoms with Gasteiger partial charge < -0.3 is 9.80 Å². The highest BCUT2D eigenvalue weighted by Gasteiger charge is 2.41. The van der Waals surface area contributed by atoms with E-state index in [-0.39, 0.29) is 11.5 Å². The molecule has 0 unspecified atom stereocenters. The van der Waals surface area contributed by atoms with Crippen molar-refractivity contribution >= 4 is 28.8 Å². The van der Waals surface area contributed by atoms with E-state index in [4.69, 9.17) is 0 Å². The topological polar surface area (TPSA) is 43.9 Å². The van der Waals surface area contributed by atoms with Gasteiger partial charge in [-0.2, -0.15) is 0 Å². The number of hydrogen-bond donors (Lipinski definition) is 0. The average molecular weight is 456 g/mol. The molecule has 5 rings (SSSR count). The lowest BCUT2D eigenvalue weighted by molar-refractivity contribution is -0.120. The Balaban J connectivity index is 1.51. The van der Waals surface area contributed by atoms with E-state index in [2.05, 4.69) is 4.90 Å². The molecule has 0 aliphatic carbocycles. The third-order valence-corrected chi connectivity index (χ3v) is 6.42. The standard InChI is InChI=1S/C28H26FN3O2/c1-30(19-20-7-3-2-4-8-20)26-25(21-9-11-22(29)12-10-21)27(33)32(28(26)34)24-15-13-23(14-16-24)31-17-5-6-18-31/h2-4,7-16H,5-6,17-19H2,1H3. The van der Waals surface area contributed by atoms with Crippen LogP contribution in [0.25, 0.3) is 5.57 Å². The first-order valence-electron chi connectivity index (χ1n) is 11.5. The Bertz CT molecular complexity index is 1230. The Hall–Kier alpha value is -3.93. The summed E-state index contributed by atoms with van der Waals surface area (Å²) in [5.41, 5.74) is 3.75. The summed E-state index contributed by atoms with van der Waals surface area (Å²) in [5, 5.41) is 0. The number of nitrogens with zero attached hydrogens (tertiary/aromatic N) is 3. The molecule has 0 atom stereocenters. The third-order valence-electron chi connectivity index (χ3n) is 6.42. The maximum absolute atomic E-state index is 13.7. The maximum Gasteiger partial charge on any atom is 0.282 e. The van der Waals surface area contributed by atoms with Gasteiger partial charge >= 0.3 is 0 Å². The van der Waals surface area contributed by atoms with Crippen LogP contribution in [-0.2, 0) is 16.1 Å². The predicted octanol–water partition coefficient (Wildman–Crippen LogP) is 4.84. The van der Waals surface area contributed by atoms with Crippen LogP contribution in [0, 0.1) is 5.82 Å². The van der Waals surface area contributed by atoms with Gasteiger partial charge in [0, 0.05) is 32.4 Å². The van der Waals surface area contributed by atoms with Crippen molar-refractivity contribution in [1.82, 2.24) is 4.90 Å². The second-order valence-corrected chi connectivity index (χ2v) is 8.73. The Morgan fingerprint density at radius 1 is 0.794 bits per heavy atom. The molecular weight excluding hydrogens is 429 g/mol. The number of likely N-dealkylation sites (N-methyl/N-ethyl adjacent to an activating group) is 1. The summed E-state index contributed by atoms with van der Waals surface area (Å²) < 4.78 is 13.6. The number of benzene rings is 3. The van der Waals surface area contributed by atoms with Gasteiger partial charge in [0.2, 0.25) is 0 Å². The molecule has 0 saturated carbocycles. The van der Waals surface area contributed by atoms with Crippen molar-refractivity contribution in [1.29, 1.82) is 0 Å². The Labute approximate surface area is 198 Å². The number of anilines is 2. The highest BCUT2D eigenvalue weighted by Crippen LogP contribution is 2.35. The Morgan fingerprint density at radius 2 is 1.41 bits per heavy atom. The maximum atomic E-state index is 13.7. The van der Waals surface area contributed by atoms with Gasteiger partial charge in [0.05, 0.1) is 11.3 Å². The monoisotopic (exact) mass is 455 g/mol. The zero-order chi connectivity index (χ0) is 23.7. The van der Waals surface area contributed by atoms with Gasteiger partial charge in [-0.05, 0) is 60.4 Å². The molecule has 0 bridgehead atoms. The lowest BCUT2D eigenvalue weighted by Gasteiger charge is -2.22. The molecule has 0 spiro atoms. The second-order valence-electron chi connectivity index (χ2n) is 8.73. The molecule has 2 aliphatic heterocycles. The van der Waals surface area contributed by atoms with Crippen LogP contribution in [0.1, 0.15) is 24.0 Å². The fraction of sp³-hybridized carbons (Fsp3) is 0.214. The van der Waals surface area contributed by atoms with Gasteiger partial charge in [0.1, 0.15) is 11.5 Å². The minimum absolute atomic E-state index is 0.284. The molecule has 1 fully saturated rings. The van der Waals surface area contributed by atoms with Crippen molar-refractivity contribution in [3.05, 3.63) is 102 Å². The van der Waals surface area contributed by atoms with E-state index < -0.39 is 11.7 Å². The molecule has 172 valence electrons. The fourth-order valence-electron chi connectivity index (χ4n) is 4.71. The van der Waals surface area contributed by atoms with Crippen LogP contribution in [0.2, 0.25) is 0 Å². The van der Waals surface area contributed by atoms with Crippen LogP contribution in [0.15, 0.2) is 84.6 Å². The first-order valence-corrected chi connectivity index (χ1v) is 11.5. The van der Waals surface area contributed by atoms with Crippen LogP contribution < -0.4 is 9.80 Å². The predicted molar refractivity (Wildman–Crippen MR) is 132 cm³/mol. The van der Waals surface area contributed by atoms with E-state index in [1.807, 2.05) is 54.6 Å². The number of imide groups is 1. The van der Waals surface area contributed by atoms with Crippen molar-refractivity contribution in [2.75, 3.05) is 29.9 Å². The van der Waals surface area contributed by atoms with E-state index in [0.29, 0.717) is 23.5 Å². The van der Waals surface area contributed by atoms with Gasteiger partial charge in [0.15, 0.2) is 0 Å². The van der Waals surface area contributed by atoms with Crippen LogP contribution >= 0.6 is 0 Å². The van der Waals surface area contributed by atoms with Crippen molar-refractivity contribution in [2.45, 2.75) is 19.4 Å². The summed E-state index contributed by atoms with van der Waals surface area (Å²) in [6.45, 7) is 2.50. The minimum Gasteiger partial charge on any atom is -0.372 e. The van der Waals surface area contributed by atoms with Gasteiger partial charge in [0.25, 0.3) is 11.8 Å². The molecule has 0 radical (unpaired) electrons. The molecule has 3 aromatic rings. The fourth-order valence-corrected chi connectivity index (χ4v) is 4.71. The van der Waals surface area contributed by atoms with E-state index in [9.17, 15) is 14.0 Å². The van der Waals surface area contributed by atoms with E-state index in [0.717, 1.165) is 24.3 Å². The van der Waals surface area contributed by atoms with Crippen molar-refractivity contribution in [2.24, 2.45) is 0 Å². The molecule has 3 aromatic carbocycles. The summed E-state index contributed by atoms with van der Waals surface area (Å²) in [5.74, 6) is -1.17. The highest BCUT2D eigenvalue weighted by atomic mass is 19.1. The summed E-state index contributed by atoms with van der Waals surface area (Å²) >= 11 is 0. The minimum atomic E-state index is -0.402. The molecular formula is C28H26FN3O2. The van der Waals surface area contributed by atoms with Crippen LogP contribution in [0.5, 0.6) is 0 Å². The summed E-state index contributed by atoms with van der Waals surface area (Å²) in [6, 6.07) is 23.1. The van der Waals surface area contributed by atoms with Gasteiger partial charge in [-0.15, -0.1) is 0 Å². The quantitative estimate of drug-likeness (QED) is 0.499. The van der Waals surface area contributed by atoms with Crippen LogP contribution in [0.3, 0.4) is 0 Å². The molecule has 5 nitrogen and oxygen atoms in total. The normalized spacial score (nSPS) is 16.1. The lowest BCUT2D eigenvalue weighted by Crippen LogP contribution is -2.34. The van der Waals surface area contributed by atoms with E-state index in [1.54, 1.807) is 24.1 Å². The van der Waals surface area contributed by atoms with Crippen LogP contribution in [0.4, 0.5) is 15.8 Å². The SMILES string of the molecule is CN(Cc1ccccc1)C1=C(c2ccc(F)cc2)C(=O)N(c2ccc(N3CCCC3)cc2)C1=O. The second kappa shape index (κ2) is 9.14. The number of halogens is 1. The van der Waals surface area contributed by atoms with Crippen LogP contribution in [-0.4, -0.2) is 36.9 Å². The van der Waals surface area contributed by atoms with Crippen molar-refractivity contribution in [3.63, 3.8) is 0 Å². The smallest absolute Gasteiger partial charge is 0.282 e. The zero-order valence-electron chi connectivity index (χ0n) is 19.1. The van der Waals surface area contributed by atoms with Gasteiger partial charge in [-0.3, -0.25) is 9.59 Å². The number of rotatable bonds is 6. The number of amides is 2.